The number of aryl methyl sites for hydroxylation is 1. The Labute approximate surface area is 205 Å². The summed E-state index contributed by atoms with van der Waals surface area (Å²) in [5, 5.41) is 6.65. The number of hydrogen-bond acceptors (Lipinski definition) is 4. The predicted molar refractivity (Wildman–Crippen MR) is 139 cm³/mol. The van der Waals surface area contributed by atoms with E-state index >= 15 is 0 Å². The number of halogens is 1. The van der Waals surface area contributed by atoms with Crippen molar-refractivity contribution in [2.75, 3.05) is 39.0 Å². The Morgan fingerprint density at radius 3 is 2.68 bits per heavy atom. The highest BCUT2D eigenvalue weighted by atomic mass is 127. The van der Waals surface area contributed by atoms with Crippen LogP contribution in [0.1, 0.15) is 50.7 Å². The largest absolute Gasteiger partial charge is 0.493 e. The maximum absolute atomic E-state index is 11.7. The third-order valence-corrected chi connectivity index (χ3v) is 6.53. The Bertz CT molecular complexity index is 802. The van der Waals surface area contributed by atoms with Crippen LogP contribution in [0.15, 0.2) is 23.2 Å². The summed E-state index contributed by atoms with van der Waals surface area (Å²) in [6.07, 6.45) is 5.55. The van der Waals surface area contributed by atoms with Gasteiger partial charge < -0.3 is 15.4 Å². The van der Waals surface area contributed by atoms with Crippen molar-refractivity contribution in [3.63, 3.8) is 0 Å². The van der Waals surface area contributed by atoms with E-state index < -0.39 is 10.0 Å². The lowest BCUT2D eigenvalue weighted by Crippen LogP contribution is -2.40. The van der Waals surface area contributed by atoms with Crippen molar-refractivity contribution < 1.29 is 13.2 Å². The molecule has 0 aliphatic carbocycles. The number of rotatable bonds is 11. The van der Waals surface area contributed by atoms with Gasteiger partial charge in [0.05, 0.1) is 19.4 Å². The highest BCUT2D eigenvalue weighted by Crippen LogP contribution is 2.22. The second-order valence-corrected chi connectivity index (χ2v) is 10.0. The fourth-order valence-electron chi connectivity index (χ4n) is 3.47. The number of unbranched alkanes of at least 4 members (excludes halogenated alkanes) is 2. The van der Waals surface area contributed by atoms with Gasteiger partial charge in [-0.15, -0.1) is 24.0 Å². The first-order chi connectivity index (χ1) is 14.3. The zero-order valence-corrected chi connectivity index (χ0v) is 22.5. The Morgan fingerprint density at radius 2 is 2.03 bits per heavy atom. The molecule has 0 amide bonds. The van der Waals surface area contributed by atoms with E-state index in [0.717, 1.165) is 43.3 Å². The second kappa shape index (κ2) is 14.2. The predicted octanol–water partition coefficient (Wildman–Crippen LogP) is 3.52. The Kier molecular flexibility index (Phi) is 12.8. The monoisotopic (exact) mass is 566 g/mol. The first-order valence-corrected chi connectivity index (χ1v) is 12.9. The Balaban J connectivity index is 0.00000480. The smallest absolute Gasteiger partial charge is 0.211 e. The number of guanidine groups is 1. The van der Waals surface area contributed by atoms with Gasteiger partial charge in [0.2, 0.25) is 10.0 Å². The molecule has 1 atom stereocenters. The summed E-state index contributed by atoms with van der Waals surface area (Å²) in [4.78, 5) is 4.73. The molecule has 0 saturated carbocycles. The van der Waals surface area contributed by atoms with Crippen molar-refractivity contribution >= 4 is 40.0 Å². The fourth-order valence-corrected chi connectivity index (χ4v) is 4.39. The average molecular weight is 567 g/mol. The molecule has 1 heterocycles. The van der Waals surface area contributed by atoms with Crippen molar-refractivity contribution in [2.45, 2.75) is 53.0 Å². The first kappa shape index (κ1) is 28.0. The normalized spacial score (nSPS) is 17.3. The van der Waals surface area contributed by atoms with Gasteiger partial charge in [-0.05, 0) is 44.2 Å². The molecule has 7 nitrogen and oxygen atoms in total. The molecule has 1 saturated heterocycles. The molecular formula is C22H39IN4O3S. The SMILES string of the molecule is CCCCCOc1cc(C)ccc1CN=C(NCC)NCC1CCN(S(C)(=O)=O)C1.I. The summed E-state index contributed by atoms with van der Waals surface area (Å²) < 4.78 is 31.0. The number of ether oxygens (including phenoxy) is 1. The maximum Gasteiger partial charge on any atom is 0.211 e. The Hall–Kier alpha value is -1.07. The van der Waals surface area contributed by atoms with Crippen LogP contribution < -0.4 is 15.4 Å². The lowest BCUT2D eigenvalue weighted by atomic mass is 10.1. The average Bonchev–Trinajstić information content (AvgIpc) is 3.18. The van der Waals surface area contributed by atoms with Crippen molar-refractivity contribution in [3.8, 4) is 5.75 Å². The molecule has 0 radical (unpaired) electrons. The summed E-state index contributed by atoms with van der Waals surface area (Å²) >= 11 is 0. The molecule has 31 heavy (non-hydrogen) atoms. The highest BCUT2D eigenvalue weighted by molar-refractivity contribution is 14.0. The molecular weight excluding hydrogens is 527 g/mol. The molecule has 2 N–H and O–H groups in total. The quantitative estimate of drug-likeness (QED) is 0.186. The van der Waals surface area contributed by atoms with Gasteiger partial charge >= 0.3 is 0 Å². The minimum atomic E-state index is -3.10. The van der Waals surface area contributed by atoms with Gasteiger partial charge in [-0.1, -0.05) is 31.9 Å². The van der Waals surface area contributed by atoms with Crippen LogP contribution in [0.25, 0.3) is 0 Å². The van der Waals surface area contributed by atoms with Gasteiger partial charge in [-0.25, -0.2) is 17.7 Å². The number of nitrogens with one attached hydrogen (secondary N) is 2. The second-order valence-electron chi connectivity index (χ2n) is 8.02. The summed E-state index contributed by atoms with van der Waals surface area (Å²) in [6.45, 7) is 10.2. The van der Waals surface area contributed by atoms with Gasteiger partial charge in [0, 0.05) is 31.7 Å². The zero-order chi connectivity index (χ0) is 22.0. The fraction of sp³-hybridized carbons (Fsp3) is 0.682. The summed E-state index contributed by atoms with van der Waals surface area (Å²) in [5.74, 6) is 1.94. The molecule has 9 heteroatoms. The van der Waals surface area contributed by atoms with Gasteiger partial charge in [-0.3, -0.25) is 0 Å². The van der Waals surface area contributed by atoms with Crippen LogP contribution in [-0.2, 0) is 16.6 Å². The van der Waals surface area contributed by atoms with E-state index in [4.69, 9.17) is 9.73 Å². The number of nitrogens with zero attached hydrogens (tertiary/aromatic N) is 2. The molecule has 0 aromatic heterocycles. The van der Waals surface area contributed by atoms with Crippen molar-refractivity contribution in [3.05, 3.63) is 29.3 Å². The molecule has 0 spiro atoms. The van der Waals surface area contributed by atoms with E-state index in [0.29, 0.717) is 32.1 Å². The van der Waals surface area contributed by atoms with Gasteiger partial charge in [0.15, 0.2) is 5.96 Å². The third kappa shape index (κ3) is 9.95. The molecule has 1 aliphatic heterocycles. The molecule has 1 unspecified atom stereocenters. The minimum Gasteiger partial charge on any atom is -0.493 e. The molecule has 178 valence electrons. The summed E-state index contributed by atoms with van der Waals surface area (Å²) in [7, 11) is -3.10. The molecule has 1 fully saturated rings. The lowest BCUT2D eigenvalue weighted by molar-refractivity contribution is 0.303. The molecule has 0 bridgehead atoms. The first-order valence-electron chi connectivity index (χ1n) is 11.0. The van der Waals surface area contributed by atoms with Crippen molar-refractivity contribution in [1.82, 2.24) is 14.9 Å². The number of aliphatic imine (C=N–C) groups is 1. The number of benzene rings is 1. The zero-order valence-electron chi connectivity index (χ0n) is 19.3. The van der Waals surface area contributed by atoms with E-state index in [-0.39, 0.29) is 24.0 Å². The summed E-state index contributed by atoms with van der Waals surface area (Å²) in [6, 6.07) is 6.25. The number of hydrogen-bond donors (Lipinski definition) is 2. The maximum atomic E-state index is 11.7. The van der Waals surface area contributed by atoms with E-state index in [1.165, 1.54) is 24.7 Å². The van der Waals surface area contributed by atoms with Crippen LogP contribution in [0, 0.1) is 12.8 Å². The van der Waals surface area contributed by atoms with Crippen LogP contribution in [-0.4, -0.2) is 57.7 Å². The van der Waals surface area contributed by atoms with Crippen molar-refractivity contribution in [2.24, 2.45) is 10.9 Å². The van der Waals surface area contributed by atoms with Crippen LogP contribution in [0.4, 0.5) is 0 Å². The molecule has 1 aliphatic rings. The van der Waals surface area contributed by atoms with Gasteiger partial charge in [-0.2, -0.15) is 0 Å². The topological polar surface area (TPSA) is 83.0 Å². The van der Waals surface area contributed by atoms with Crippen LogP contribution in [0.3, 0.4) is 0 Å². The van der Waals surface area contributed by atoms with E-state index in [1.807, 2.05) is 6.92 Å². The summed E-state index contributed by atoms with van der Waals surface area (Å²) in [5.41, 5.74) is 2.24. The van der Waals surface area contributed by atoms with Crippen LogP contribution >= 0.6 is 24.0 Å². The Morgan fingerprint density at radius 1 is 1.26 bits per heavy atom. The van der Waals surface area contributed by atoms with E-state index in [9.17, 15) is 8.42 Å². The van der Waals surface area contributed by atoms with E-state index in [2.05, 4.69) is 42.7 Å². The van der Waals surface area contributed by atoms with Gasteiger partial charge in [0.1, 0.15) is 5.75 Å². The number of sulfonamides is 1. The minimum absolute atomic E-state index is 0. The van der Waals surface area contributed by atoms with Crippen molar-refractivity contribution in [1.29, 1.82) is 0 Å². The molecule has 1 aromatic rings. The van der Waals surface area contributed by atoms with Crippen LogP contribution in [0.5, 0.6) is 5.75 Å². The van der Waals surface area contributed by atoms with Crippen LogP contribution in [0.2, 0.25) is 0 Å². The molecule has 1 aromatic carbocycles. The van der Waals surface area contributed by atoms with E-state index in [1.54, 1.807) is 4.31 Å². The lowest BCUT2D eigenvalue weighted by Gasteiger charge is -2.16. The van der Waals surface area contributed by atoms with Gasteiger partial charge in [0.25, 0.3) is 0 Å². The standard InChI is InChI=1S/C22H38N4O3S.HI/c1-5-7-8-13-29-21-14-18(3)9-10-20(21)16-25-22(23-6-2)24-15-19-11-12-26(17-19)30(4,27)28;/h9-10,14,19H,5-8,11-13,15-17H2,1-4H3,(H2,23,24,25);1H. The third-order valence-electron chi connectivity index (χ3n) is 5.26. The molecule has 2 rings (SSSR count). The highest BCUT2D eigenvalue weighted by Gasteiger charge is 2.28.